The van der Waals surface area contributed by atoms with Crippen molar-refractivity contribution < 1.29 is 50.2 Å². The van der Waals surface area contributed by atoms with E-state index in [1.807, 2.05) is 0 Å². The Hall–Kier alpha value is -2.89. The van der Waals surface area contributed by atoms with E-state index in [1.54, 1.807) is 0 Å². The van der Waals surface area contributed by atoms with Gasteiger partial charge in [-0.1, -0.05) is 6.08 Å². The number of esters is 1. The number of imide groups is 1. The van der Waals surface area contributed by atoms with E-state index in [0.29, 0.717) is 12.1 Å². The van der Waals surface area contributed by atoms with Crippen molar-refractivity contribution in [2.45, 2.75) is 45.0 Å². The highest BCUT2D eigenvalue weighted by Crippen LogP contribution is 2.54. The molecule has 2 bridgehead atoms. The Morgan fingerprint density at radius 2 is 1.52 bits per heavy atom. The molecule has 0 aromatic heterocycles. The number of benzene rings is 1. The number of ether oxygens (including phenoxy) is 2. The molecule has 1 aromatic carbocycles. The van der Waals surface area contributed by atoms with Crippen LogP contribution in [0.1, 0.15) is 31.9 Å². The van der Waals surface area contributed by atoms with Gasteiger partial charge in [0, 0.05) is 0 Å². The van der Waals surface area contributed by atoms with Gasteiger partial charge in [-0.05, 0) is 45.0 Å². The van der Waals surface area contributed by atoms with Gasteiger partial charge in [0.2, 0.25) is 17.6 Å². The molecule has 0 saturated carbocycles. The van der Waals surface area contributed by atoms with Crippen molar-refractivity contribution >= 4 is 23.5 Å². The second-order valence-electron chi connectivity index (χ2n) is 9.08. The Labute approximate surface area is 183 Å². The summed E-state index contributed by atoms with van der Waals surface area (Å²) in [6.07, 6.45) is -8.71. The lowest BCUT2D eigenvalue weighted by Crippen LogP contribution is -2.46. The van der Waals surface area contributed by atoms with Gasteiger partial charge in [-0.15, -0.1) is 0 Å². The zero-order valence-electron chi connectivity index (χ0n) is 17.4. The van der Waals surface area contributed by atoms with E-state index in [2.05, 4.69) is 0 Å². The summed E-state index contributed by atoms with van der Waals surface area (Å²) in [5.74, 6) is -7.62. The lowest BCUT2D eigenvalue weighted by molar-refractivity contribution is -0.212. The summed E-state index contributed by atoms with van der Waals surface area (Å²) in [4.78, 5) is 38.9. The molecular formula is C21H17F6NO5. The van der Waals surface area contributed by atoms with Gasteiger partial charge in [0.25, 0.3) is 0 Å². The molecule has 0 N–H and O–H groups in total. The van der Waals surface area contributed by atoms with Gasteiger partial charge in [0.1, 0.15) is 5.92 Å². The second-order valence-corrected chi connectivity index (χ2v) is 9.08. The number of hydrogen-bond donors (Lipinski definition) is 0. The smallest absolute Gasteiger partial charge is 0.416 e. The quantitative estimate of drug-likeness (QED) is 0.278. The number of anilines is 1. The monoisotopic (exact) mass is 477 g/mol. The molecule has 2 fully saturated rings. The first-order valence-electron chi connectivity index (χ1n) is 9.74. The van der Waals surface area contributed by atoms with Crippen LogP contribution in [-0.4, -0.2) is 29.7 Å². The average Bonchev–Trinajstić information content (AvgIpc) is 3.29. The van der Waals surface area contributed by atoms with Crippen LogP contribution in [0.15, 0.2) is 30.4 Å². The first kappa shape index (κ1) is 23.3. The highest BCUT2D eigenvalue weighted by molar-refractivity contribution is 6.23. The molecular weight excluding hydrogens is 460 g/mol. The Morgan fingerprint density at radius 3 is 2.00 bits per heavy atom. The third kappa shape index (κ3) is 3.60. The number of rotatable bonds is 2. The van der Waals surface area contributed by atoms with E-state index in [9.17, 15) is 40.7 Å². The van der Waals surface area contributed by atoms with Crippen LogP contribution >= 0.6 is 0 Å². The van der Waals surface area contributed by atoms with E-state index < -0.39 is 76.1 Å². The number of halogens is 6. The van der Waals surface area contributed by atoms with Crippen molar-refractivity contribution in [2.75, 3.05) is 4.90 Å². The van der Waals surface area contributed by atoms with Gasteiger partial charge >= 0.3 is 18.3 Å². The first-order chi connectivity index (χ1) is 15.0. The first-order valence-corrected chi connectivity index (χ1v) is 9.74. The van der Waals surface area contributed by atoms with Crippen LogP contribution in [-0.2, 0) is 36.2 Å². The summed E-state index contributed by atoms with van der Waals surface area (Å²) >= 11 is 0. The van der Waals surface area contributed by atoms with Gasteiger partial charge in [0.15, 0.2) is 0 Å². The molecule has 3 aliphatic heterocycles. The molecule has 6 nitrogen and oxygen atoms in total. The van der Waals surface area contributed by atoms with E-state index in [0.717, 1.165) is 0 Å². The fourth-order valence-electron chi connectivity index (χ4n) is 4.08. The number of carbonyl (C=O) groups excluding carboxylic acids is 3. The zero-order chi connectivity index (χ0) is 24.7. The normalized spacial score (nSPS) is 29.1. The summed E-state index contributed by atoms with van der Waals surface area (Å²) in [5.41, 5.74) is -5.23. The Morgan fingerprint density at radius 1 is 0.970 bits per heavy atom. The number of hydrogen-bond acceptors (Lipinski definition) is 5. The predicted molar refractivity (Wildman–Crippen MR) is 98.2 cm³/mol. The number of amides is 2. The van der Waals surface area contributed by atoms with Gasteiger partial charge in [0.05, 0.1) is 34.3 Å². The third-order valence-corrected chi connectivity index (χ3v) is 5.67. The highest BCUT2D eigenvalue weighted by atomic mass is 19.4. The molecule has 0 radical (unpaired) electrons. The van der Waals surface area contributed by atoms with Crippen LogP contribution in [0, 0.1) is 17.3 Å². The van der Waals surface area contributed by atoms with Gasteiger partial charge < -0.3 is 9.47 Å². The number of fused-ring (bicyclic) bond motifs is 5. The van der Waals surface area contributed by atoms with Crippen LogP contribution in [0.25, 0.3) is 0 Å². The lowest BCUT2D eigenvalue weighted by Gasteiger charge is -2.31. The zero-order valence-corrected chi connectivity index (χ0v) is 17.4. The molecule has 12 heteroatoms. The minimum absolute atomic E-state index is 0.101. The van der Waals surface area contributed by atoms with Crippen molar-refractivity contribution in [3.05, 3.63) is 41.5 Å². The van der Waals surface area contributed by atoms with E-state index in [4.69, 9.17) is 9.47 Å². The minimum atomic E-state index is -5.16. The van der Waals surface area contributed by atoms with Crippen LogP contribution in [0.3, 0.4) is 0 Å². The second kappa shape index (κ2) is 6.81. The Balaban J connectivity index is 1.77. The molecule has 33 heavy (non-hydrogen) atoms. The Kier molecular flexibility index (Phi) is 4.80. The largest absolute Gasteiger partial charge is 0.428 e. The van der Waals surface area contributed by atoms with E-state index in [-0.39, 0.29) is 11.0 Å². The molecule has 3 aliphatic rings. The summed E-state index contributed by atoms with van der Waals surface area (Å²) in [6.45, 7) is 4.59. The topological polar surface area (TPSA) is 72.9 Å². The number of alkyl halides is 6. The van der Waals surface area contributed by atoms with Crippen molar-refractivity contribution in [2.24, 2.45) is 17.3 Å². The highest BCUT2D eigenvalue weighted by Gasteiger charge is 2.70. The summed E-state index contributed by atoms with van der Waals surface area (Å²) in [7, 11) is 0. The van der Waals surface area contributed by atoms with Crippen molar-refractivity contribution in [3.8, 4) is 0 Å². The molecule has 178 valence electrons. The molecule has 2 amide bonds. The van der Waals surface area contributed by atoms with E-state index >= 15 is 0 Å². The maximum Gasteiger partial charge on any atom is 0.416 e. The molecule has 3 heterocycles. The maximum atomic E-state index is 13.3. The molecule has 2 saturated heterocycles. The summed E-state index contributed by atoms with van der Waals surface area (Å²) < 4.78 is 90.5. The number of carbonyl (C=O) groups is 3. The van der Waals surface area contributed by atoms with Crippen molar-refractivity contribution in [1.29, 1.82) is 0 Å². The molecule has 0 unspecified atom stereocenters. The Bertz CT molecular complexity index is 1050. The van der Waals surface area contributed by atoms with Gasteiger partial charge in [-0.3, -0.25) is 14.4 Å². The SMILES string of the molecule is CC(C)(C)C(=O)O[C@]12C=C[C@H](O1)[C@@H]1C(=O)N(c3cc(C(F)(F)F)cc(C(F)(F)F)c3)C(=O)[C@@H]12. The number of nitrogens with zero attached hydrogens (tertiary/aromatic N) is 1. The third-order valence-electron chi connectivity index (χ3n) is 5.67. The maximum absolute atomic E-state index is 13.3. The fourth-order valence-corrected chi connectivity index (χ4v) is 4.08. The van der Waals surface area contributed by atoms with Crippen molar-refractivity contribution in [1.82, 2.24) is 0 Å². The van der Waals surface area contributed by atoms with Crippen LogP contribution < -0.4 is 4.90 Å². The molecule has 4 rings (SSSR count). The fraction of sp³-hybridized carbons (Fsp3) is 0.476. The van der Waals surface area contributed by atoms with Gasteiger partial charge in [-0.2, -0.15) is 26.3 Å². The molecule has 0 aliphatic carbocycles. The minimum Gasteiger partial charge on any atom is -0.428 e. The molecule has 1 aromatic rings. The van der Waals surface area contributed by atoms with Crippen LogP contribution in [0.4, 0.5) is 32.0 Å². The average molecular weight is 477 g/mol. The summed E-state index contributed by atoms with van der Waals surface area (Å²) in [5, 5.41) is 0. The van der Waals surface area contributed by atoms with Crippen molar-refractivity contribution in [3.63, 3.8) is 0 Å². The molecule has 4 atom stereocenters. The lowest BCUT2D eigenvalue weighted by atomic mass is 9.82. The summed E-state index contributed by atoms with van der Waals surface area (Å²) in [6, 6.07) is 0.503. The molecule has 0 spiro atoms. The van der Waals surface area contributed by atoms with Crippen LogP contribution in [0.5, 0.6) is 0 Å². The van der Waals surface area contributed by atoms with Gasteiger partial charge in [-0.25, -0.2) is 4.90 Å². The predicted octanol–water partition coefficient (Wildman–Crippen LogP) is 4.08. The standard InChI is InChI=1S/C21H17F6NO5/c1-18(2,3)17(31)33-19-5-4-12(32-19)13-14(19)16(30)28(15(13)29)11-7-9(20(22,23)24)6-10(8-11)21(25,26)27/h4-8,12-14H,1-3H3/t12-,13-,14+,19-/m0/s1. The van der Waals surface area contributed by atoms with Crippen LogP contribution in [0.2, 0.25) is 0 Å². The van der Waals surface area contributed by atoms with E-state index in [1.165, 1.54) is 32.9 Å².